The molecule has 0 spiro atoms. The Hall–Kier alpha value is -1.66. The fourth-order valence-corrected chi connectivity index (χ4v) is 1.43. The van der Waals surface area contributed by atoms with E-state index in [0.717, 1.165) is 12.1 Å². The molecule has 17 heavy (non-hydrogen) atoms. The molecule has 5 nitrogen and oxygen atoms in total. The van der Waals surface area contributed by atoms with Crippen molar-refractivity contribution in [2.75, 3.05) is 7.11 Å². The zero-order valence-corrected chi connectivity index (χ0v) is 9.13. The normalized spacial score (nSPS) is 14.1. The van der Waals surface area contributed by atoms with Crippen LogP contribution in [0.2, 0.25) is 0 Å². The zero-order chi connectivity index (χ0) is 13.0. The zero-order valence-electron chi connectivity index (χ0n) is 9.13. The van der Waals surface area contributed by atoms with Gasteiger partial charge in [-0.15, -0.1) is 0 Å². The Kier molecular flexibility index (Phi) is 4.42. The van der Waals surface area contributed by atoms with Crippen LogP contribution in [0.5, 0.6) is 5.75 Å². The van der Waals surface area contributed by atoms with Gasteiger partial charge in [-0.05, 0) is 18.2 Å². The first kappa shape index (κ1) is 13.4. The highest BCUT2D eigenvalue weighted by Gasteiger charge is 2.24. The van der Waals surface area contributed by atoms with Crippen LogP contribution in [0.25, 0.3) is 0 Å². The molecule has 94 valence electrons. The number of hydrogen-bond donors (Lipinski definition) is 3. The summed E-state index contributed by atoms with van der Waals surface area (Å²) in [6, 6.07) is 3.43. The van der Waals surface area contributed by atoms with Crippen molar-refractivity contribution in [2.24, 2.45) is 0 Å². The molecule has 0 aromatic heterocycles. The van der Waals surface area contributed by atoms with Gasteiger partial charge in [0.15, 0.2) is 0 Å². The molecule has 0 aliphatic carbocycles. The Labute approximate surface area is 97.1 Å². The summed E-state index contributed by atoms with van der Waals surface area (Å²) in [5.41, 5.74) is 0.0150. The summed E-state index contributed by atoms with van der Waals surface area (Å²) in [6.07, 6.45) is -3.68. The molecule has 0 fully saturated rings. The molecule has 0 radical (unpaired) electrons. The minimum Gasteiger partial charge on any atom is -0.496 e. The largest absolute Gasteiger partial charge is 0.496 e. The number of carboxylic acid groups (broad SMARTS) is 1. The maximum absolute atomic E-state index is 13.0. The smallest absolute Gasteiger partial charge is 0.306 e. The van der Waals surface area contributed by atoms with Crippen molar-refractivity contribution < 1.29 is 29.2 Å². The molecule has 0 bridgehead atoms. The Morgan fingerprint density at radius 3 is 2.65 bits per heavy atom. The average Bonchev–Trinajstić information content (AvgIpc) is 2.27. The second-order valence-corrected chi connectivity index (χ2v) is 3.50. The Morgan fingerprint density at radius 1 is 1.47 bits per heavy atom. The van der Waals surface area contributed by atoms with E-state index in [4.69, 9.17) is 9.84 Å². The SMILES string of the molecule is COc1ccc(F)cc1C(O)C(O)CC(=O)O. The van der Waals surface area contributed by atoms with Crippen molar-refractivity contribution in [3.05, 3.63) is 29.6 Å². The first-order valence-corrected chi connectivity index (χ1v) is 4.87. The molecule has 0 saturated heterocycles. The van der Waals surface area contributed by atoms with Gasteiger partial charge >= 0.3 is 5.97 Å². The van der Waals surface area contributed by atoms with Crippen LogP contribution in [0.3, 0.4) is 0 Å². The van der Waals surface area contributed by atoms with Gasteiger partial charge in [0.2, 0.25) is 0 Å². The third kappa shape index (κ3) is 3.40. The third-order valence-corrected chi connectivity index (χ3v) is 2.26. The lowest BCUT2D eigenvalue weighted by Crippen LogP contribution is -2.22. The van der Waals surface area contributed by atoms with Crippen LogP contribution in [-0.4, -0.2) is 34.5 Å². The van der Waals surface area contributed by atoms with E-state index in [-0.39, 0.29) is 11.3 Å². The van der Waals surface area contributed by atoms with E-state index in [0.29, 0.717) is 0 Å². The van der Waals surface area contributed by atoms with E-state index in [1.807, 2.05) is 0 Å². The van der Waals surface area contributed by atoms with Crippen LogP contribution < -0.4 is 4.74 Å². The summed E-state index contributed by atoms with van der Waals surface area (Å²) in [5, 5.41) is 27.6. The number of aliphatic carboxylic acids is 1. The Morgan fingerprint density at radius 2 is 2.12 bits per heavy atom. The lowest BCUT2D eigenvalue weighted by Gasteiger charge is -2.18. The molecule has 2 unspecified atom stereocenters. The lowest BCUT2D eigenvalue weighted by atomic mass is 10.0. The summed E-state index contributed by atoms with van der Waals surface area (Å²) < 4.78 is 17.9. The molecule has 3 N–H and O–H groups in total. The molecule has 1 aromatic rings. The highest BCUT2D eigenvalue weighted by atomic mass is 19.1. The van der Waals surface area contributed by atoms with E-state index in [2.05, 4.69) is 0 Å². The van der Waals surface area contributed by atoms with Gasteiger partial charge in [-0.3, -0.25) is 4.79 Å². The van der Waals surface area contributed by atoms with Crippen LogP contribution in [-0.2, 0) is 4.79 Å². The predicted octanol–water partition coefficient (Wildman–Crippen LogP) is 0.703. The summed E-state index contributed by atoms with van der Waals surface area (Å²) in [7, 11) is 1.33. The second kappa shape index (κ2) is 5.60. The number of halogens is 1. The van der Waals surface area contributed by atoms with Gasteiger partial charge in [-0.2, -0.15) is 0 Å². The van der Waals surface area contributed by atoms with Gasteiger partial charge in [0, 0.05) is 5.56 Å². The van der Waals surface area contributed by atoms with Gasteiger partial charge in [0.05, 0.1) is 19.6 Å². The number of aliphatic hydroxyl groups excluding tert-OH is 2. The van der Waals surface area contributed by atoms with Crippen molar-refractivity contribution in [1.82, 2.24) is 0 Å². The van der Waals surface area contributed by atoms with E-state index in [9.17, 15) is 19.4 Å². The molecule has 0 aliphatic rings. The predicted molar refractivity (Wildman–Crippen MR) is 56.2 cm³/mol. The Balaban J connectivity index is 2.97. The summed E-state index contributed by atoms with van der Waals surface area (Å²) in [6.45, 7) is 0. The van der Waals surface area contributed by atoms with Crippen LogP contribution in [0.1, 0.15) is 18.1 Å². The number of aliphatic hydroxyl groups is 2. The molecule has 0 heterocycles. The number of hydrogen-bond acceptors (Lipinski definition) is 4. The van der Waals surface area contributed by atoms with Crippen LogP contribution in [0, 0.1) is 5.82 Å². The van der Waals surface area contributed by atoms with E-state index in [1.165, 1.54) is 13.2 Å². The summed E-state index contributed by atoms with van der Waals surface area (Å²) >= 11 is 0. The van der Waals surface area contributed by atoms with Crippen LogP contribution >= 0.6 is 0 Å². The van der Waals surface area contributed by atoms with Gasteiger partial charge in [-0.25, -0.2) is 4.39 Å². The minimum absolute atomic E-state index is 0.0150. The molecule has 2 atom stereocenters. The van der Waals surface area contributed by atoms with E-state index >= 15 is 0 Å². The van der Waals surface area contributed by atoms with Gasteiger partial charge in [0.25, 0.3) is 0 Å². The van der Waals surface area contributed by atoms with Crippen molar-refractivity contribution in [3.63, 3.8) is 0 Å². The molecule has 1 aromatic carbocycles. The molecule has 1 rings (SSSR count). The summed E-state index contributed by atoms with van der Waals surface area (Å²) in [4.78, 5) is 10.4. The first-order valence-electron chi connectivity index (χ1n) is 4.87. The summed E-state index contributed by atoms with van der Waals surface area (Å²) in [5.74, 6) is -1.68. The average molecular weight is 244 g/mol. The molecular weight excluding hydrogens is 231 g/mol. The number of benzene rings is 1. The first-order chi connectivity index (χ1) is 7.95. The number of carboxylic acids is 1. The third-order valence-electron chi connectivity index (χ3n) is 2.26. The maximum atomic E-state index is 13.0. The van der Waals surface area contributed by atoms with Crippen LogP contribution in [0.4, 0.5) is 4.39 Å². The number of ether oxygens (including phenoxy) is 1. The highest BCUT2D eigenvalue weighted by Crippen LogP contribution is 2.28. The molecule has 0 saturated carbocycles. The minimum atomic E-state index is -1.52. The molecule has 0 aliphatic heterocycles. The molecule has 6 heteroatoms. The number of rotatable bonds is 5. The quantitative estimate of drug-likeness (QED) is 0.709. The van der Waals surface area contributed by atoms with Crippen molar-refractivity contribution in [3.8, 4) is 5.75 Å². The monoisotopic (exact) mass is 244 g/mol. The van der Waals surface area contributed by atoms with Crippen molar-refractivity contribution in [1.29, 1.82) is 0 Å². The van der Waals surface area contributed by atoms with Crippen molar-refractivity contribution >= 4 is 5.97 Å². The number of methoxy groups -OCH3 is 1. The van der Waals surface area contributed by atoms with Crippen molar-refractivity contribution in [2.45, 2.75) is 18.6 Å². The topological polar surface area (TPSA) is 87.0 Å². The van der Waals surface area contributed by atoms with E-state index in [1.54, 1.807) is 0 Å². The van der Waals surface area contributed by atoms with Crippen LogP contribution in [0.15, 0.2) is 18.2 Å². The molecular formula is C11H13FO5. The highest BCUT2D eigenvalue weighted by molar-refractivity contribution is 5.67. The standard InChI is InChI=1S/C11H13FO5/c1-17-9-3-2-6(12)4-7(9)11(16)8(13)5-10(14)15/h2-4,8,11,13,16H,5H2,1H3,(H,14,15). The van der Waals surface area contributed by atoms with Gasteiger partial charge in [0.1, 0.15) is 17.7 Å². The van der Waals surface area contributed by atoms with E-state index < -0.39 is 30.4 Å². The fourth-order valence-electron chi connectivity index (χ4n) is 1.43. The second-order valence-electron chi connectivity index (χ2n) is 3.50. The molecule has 0 amide bonds. The number of carbonyl (C=O) groups is 1. The Bertz CT molecular complexity index is 407. The van der Waals surface area contributed by atoms with Gasteiger partial charge < -0.3 is 20.1 Å². The maximum Gasteiger partial charge on any atom is 0.306 e. The van der Waals surface area contributed by atoms with Gasteiger partial charge in [-0.1, -0.05) is 0 Å². The fraction of sp³-hybridized carbons (Fsp3) is 0.364. The lowest BCUT2D eigenvalue weighted by molar-refractivity contribution is -0.141.